The quantitative estimate of drug-likeness (QED) is 0.0259. The van der Waals surface area contributed by atoms with Crippen molar-refractivity contribution in [1.82, 2.24) is 4.98 Å². The molecule has 11 rings (SSSR count). The van der Waals surface area contributed by atoms with Crippen LogP contribution in [0.15, 0.2) is 115 Å². The number of pyridine rings is 1. The van der Waals surface area contributed by atoms with Crippen molar-refractivity contribution in [2.45, 2.75) is 83.4 Å². The zero-order valence-corrected chi connectivity index (χ0v) is 69.0. The fraction of sp³-hybridized carbons (Fsp3) is 0.232. The van der Waals surface area contributed by atoms with Gasteiger partial charge < -0.3 is 25.7 Å². The van der Waals surface area contributed by atoms with Gasteiger partial charge >= 0.3 is 68.5 Å². The van der Waals surface area contributed by atoms with Crippen molar-refractivity contribution in [3.63, 3.8) is 0 Å². The number of halogens is 15. The number of aromatic carboxylic acids is 1. The molecule has 0 fully saturated rings. The maximum absolute atomic E-state index is 11.9. The van der Waals surface area contributed by atoms with Crippen LogP contribution >= 0.6 is 172 Å². The number of carboxylic acids is 1. The van der Waals surface area contributed by atoms with Gasteiger partial charge in [0.15, 0.2) is 17.3 Å². The average Bonchev–Trinajstić information content (AvgIpc) is 1.57. The number of hydrogen-bond donors (Lipinski definition) is 3. The molecule has 1 aliphatic heterocycles. The second kappa shape index (κ2) is 47.2. The maximum atomic E-state index is 11.9. The van der Waals surface area contributed by atoms with E-state index in [0.717, 1.165) is 101 Å². The van der Waals surface area contributed by atoms with E-state index in [-0.39, 0.29) is 89.1 Å². The summed E-state index contributed by atoms with van der Waals surface area (Å²) in [6.07, 6.45) is 9.15. The third-order valence-corrected chi connectivity index (χ3v) is 18.7. The smallest absolute Gasteiger partial charge is 0.870 e. The van der Waals surface area contributed by atoms with Crippen LogP contribution in [0.5, 0.6) is 5.75 Å². The molecule has 0 unspecified atom stereocenters. The van der Waals surface area contributed by atoms with Crippen LogP contribution in [-0.2, 0) is 96.8 Å². The SMILES string of the molecule is CC(=O)OCC(=O)Cc1ccc(Cl)c(Cl)c1.ClCc1ccc(Cl)c(Cl)c1.O=C(CCl)Cc1ccc(Cl)c(Cl)c1.O=C(Cl)CCl.O=C(O)c1c(O)c(Cc2ccc(Cl)c(Cl)c2)nc2c3c(ccc12)CCCC3.O=C1Nc2c(ccc3c2CCCC3)C1=O.[CH2-]c1ccc(Cl)c(Cl)c1.[Cl][Zn+].[Na+].[OH-]. The van der Waals surface area contributed by atoms with Crippen LogP contribution in [0.1, 0.15) is 109 Å². The normalized spacial score (nSPS) is 11.7. The van der Waals surface area contributed by atoms with Crippen LogP contribution in [0.25, 0.3) is 10.9 Å². The number of aromatic hydroxyl groups is 1. The second-order valence-electron chi connectivity index (χ2n) is 20.9. The number of ether oxygens (including phenoxy) is 1. The third kappa shape index (κ3) is 30.0. The minimum atomic E-state index is -1.16. The Morgan fingerprint density at radius 3 is 1.44 bits per heavy atom. The van der Waals surface area contributed by atoms with Crippen molar-refractivity contribution in [3.8, 4) is 5.75 Å². The monoisotopic (exact) mass is 1700 g/mol. The van der Waals surface area contributed by atoms with Gasteiger partial charge in [-0.25, -0.2) is 9.78 Å². The number of esters is 1. The topological polar surface area (TPSA) is 224 Å². The molecule has 7 aromatic carbocycles. The number of anilines is 1. The first kappa shape index (κ1) is 91.7. The van der Waals surface area contributed by atoms with E-state index in [1.807, 2.05) is 24.3 Å². The Bertz CT molecular complexity index is 4150. The van der Waals surface area contributed by atoms with Gasteiger partial charge in [0.05, 0.1) is 74.4 Å². The van der Waals surface area contributed by atoms with Crippen molar-refractivity contribution in [2.24, 2.45) is 0 Å². The van der Waals surface area contributed by atoms with E-state index in [0.29, 0.717) is 84.7 Å². The predicted octanol–water partition coefficient (Wildman–Crippen LogP) is 18.5. The Morgan fingerprint density at radius 2 is 0.990 bits per heavy atom. The van der Waals surface area contributed by atoms with Crippen molar-refractivity contribution < 1.29 is 101 Å². The minimum Gasteiger partial charge on any atom is -0.870 e. The Hall–Kier alpha value is -3.36. The first-order valence-electron chi connectivity index (χ1n) is 28.8. The van der Waals surface area contributed by atoms with E-state index in [1.165, 1.54) is 30.0 Å². The number of rotatable bonds is 12. The number of aromatic nitrogens is 1. The molecule has 0 atom stereocenters. The number of carbonyl (C=O) groups excluding carboxylic acids is 6. The van der Waals surface area contributed by atoms with Gasteiger partial charge in [-0.15, -0.1) is 40.9 Å². The summed E-state index contributed by atoms with van der Waals surface area (Å²) in [6, 6.07) is 33.3. The van der Waals surface area contributed by atoms with Crippen LogP contribution in [0.2, 0.25) is 50.2 Å². The number of amides is 1. The number of alkyl halides is 3. The Morgan fingerprint density at radius 1 is 0.566 bits per heavy atom. The zero-order chi connectivity index (χ0) is 72.2. The van der Waals surface area contributed by atoms with E-state index in [9.17, 15) is 43.8 Å². The van der Waals surface area contributed by atoms with Crippen LogP contribution < -0.4 is 34.9 Å². The molecule has 8 aromatic rings. The molecule has 99 heavy (non-hydrogen) atoms. The fourth-order valence-corrected chi connectivity index (χ4v) is 11.3. The van der Waals surface area contributed by atoms with Gasteiger partial charge in [-0.1, -0.05) is 165 Å². The summed E-state index contributed by atoms with van der Waals surface area (Å²) in [4.78, 5) is 81.6. The van der Waals surface area contributed by atoms with E-state index >= 15 is 0 Å². The van der Waals surface area contributed by atoms with E-state index < -0.39 is 28.9 Å². The van der Waals surface area contributed by atoms with Gasteiger partial charge in [0.1, 0.15) is 12.2 Å². The summed E-state index contributed by atoms with van der Waals surface area (Å²) in [5.74, 6) is -2.61. The number of nitrogens with zero attached hydrogens (tertiary/aromatic N) is 1. The molecule has 0 saturated carbocycles. The number of ketones is 3. The zero-order valence-electron chi connectivity index (χ0n) is 52.7. The molecule has 0 saturated heterocycles. The number of benzene rings is 7. The molecular weight excluding hydrogens is 1650 g/mol. The summed E-state index contributed by atoms with van der Waals surface area (Å²) in [5.41, 5.74) is 11.3. The molecule has 0 radical (unpaired) electrons. The van der Waals surface area contributed by atoms with Gasteiger partial charge in [0.2, 0.25) is 5.24 Å². The fourth-order valence-electron chi connectivity index (χ4n) is 9.43. The Kier molecular flexibility index (Phi) is 43.7. The Balaban J connectivity index is 0.000000409. The second-order valence-corrected chi connectivity index (χ2v) is 26.2. The number of carboxylic acid groups (broad SMARTS) is 1. The average molecular weight is 1710 g/mol. The van der Waals surface area contributed by atoms with Crippen LogP contribution in [0.3, 0.4) is 0 Å². The first-order valence-corrected chi connectivity index (χ1v) is 38.4. The van der Waals surface area contributed by atoms with Crippen molar-refractivity contribution >= 4 is 229 Å². The number of Topliss-reactive ketones (excluding diaryl/α,β-unsaturated/α-hetero) is 3. The minimum absolute atomic E-state index is 0. The molecule has 1 amide bonds. The summed E-state index contributed by atoms with van der Waals surface area (Å²) in [6.45, 7) is 4.72. The molecule has 2 aliphatic carbocycles. The third-order valence-electron chi connectivity index (χ3n) is 13.9. The van der Waals surface area contributed by atoms with E-state index in [2.05, 4.69) is 22.0 Å². The number of nitrogens with one attached hydrogen (secondary N) is 1. The van der Waals surface area contributed by atoms with Gasteiger partial charge in [-0.3, -0.25) is 28.8 Å². The van der Waals surface area contributed by atoms with Crippen molar-refractivity contribution in [2.75, 3.05) is 23.7 Å². The molecule has 0 bridgehead atoms. The number of fused-ring (bicyclic) bond motifs is 6. The number of carbonyl (C=O) groups is 7. The molecule has 518 valence electrons. The van der Waals surface area contributed by atoms with Gasteiger partial charge in [0.25, 0.3) is 11.7 Å². The van der Waals surface area contributed by atoms with Gasteiger partial charge in [-0.2, -0.15) is 18.6 Å². The van der Waals surface area contributed by atoms with Crippen molar-refractivity contribution in [1.29, 1.82) is 0 Å². The molecule has 3 aliphatic rings. The molecule has 30 heteroatoms. The number of hydrogen-bond acceptors (Lipinski definition) is 11. The summed E-state index contributed by atoms with van der Waals surface area (Å²) in [5, 5.41) is 27.9. The molecule has 13 nitrogen and oxygen atoms in total. The van der Waals surface area contributed by atoms with Gasteiger partial charge in [0, 0.05) is 47.5 Å². The van der Waals surface area contributed by atoms with E-state index in [4.69, 9.17) is 172 Å². The van der Waals surface area contributed by atoms with Crippen LogP contribution in [0.4, 0.5) is 5.69 Å². The summed E-state index contributed by atoms with van der Waals surface area (Å²) < 4.78 is 4.58. The van der Waals surface area contributed by atoms with E-state index in [1.54, 1.807) is 91.0 Å². The summed E-state index contributed by atoms with van der Waals surface area (Å²) in [7, 11) is 4.76. The van der Waals surface area contributed by atoms with Crippen LogP contribution in [-0.4, -0.2) is 79.5 Å². The summed E-state index contributed by atoms with van der Waals surface area (Å²) >= 11 is 79.0. The largest absolute Gasteiger partial charge is 1.00 e. The molecule has 1 aromatic heterocycles. The number of aryl methyl sites for hydroxylation is 3. The molecule has 2 heterocycles. The Labute approximate surface area is 679 Å². The van der Waals surface area contributed by atoms with Gasteiger partial charge in [-0.05, 0) is 162 Å². The molecule has 0 spiro atoms. The first-order chi connectivity index (χ1) is 46.0. The molecular formula is C69H58Cl15N2NaO11Zn. The van der Waals surface area contributed by atoms with Crippen LogP contribution in [0, 0.1) is 6.92 Å². The predicted molar refractivity (Wildman–Crippen MR) is 396 cm³/mol. The maximum Gasteiger partial charge on any atom is 1.00 e. The van der Waals surface area contributed by atoms with Crippen molar-refractivity contribution in [3.05, 3.63) is 239 Å². The standard InChI is InChI=1S/C21H17Cl2NO3.C12H11NO2.C11H10Cl2O3.C9H7Cl3O.C7H5Cl3.C7H5Cl2.C2H2Cl2O.ClH.Na.H2O.Zn/c22-15-8-5-11(9-16(15)23)10-17-20(25)18(21(26)27)14-7-6-12-3-1-2-4-13(12)19(14)24-17;14-11-9-6-5-7-3-1-2-4-8(7)10(9)13-12(11)15;1-7(14)16-6-9(15)4-8-2-3-10(12)11(13)5-8;10-5-7(13)3-6-1-2-8(11)9(12)4-6;8-4-5-1-2-6(9)7(10)3-5;1-5-2-3-6(8)7(9)4-5;3-1-2(4)5;;;;/h5-9,25H,1-4,10H2,(H,26,27);5-6H,1-4H2,(H,13,14,15);2-3,5H,4,6H2,1H3;1-2,4H,3,5H2;1-3H,4H2;2-4H,1H2;1H2;1H;;1H2;/q;;;;;-1;;;+1;;+2/p-2. The molecule has 4 N–H and O–H groups in total.